The van der Waals surface area contributed by atoms with E-state index in [1.54, 1.807) is 0 Å². The fourth-order valence-electron chi connectivity index (χ4n) is 1.73. The summed E-state index contributed by atoms with van der Waals surface area (Å²) >= 11 is 5.70. The molecular formula is C10H15ClN4O. The molecule has 1 aliphatic carbocycles. The third-order valence-electron chi connectivity index (χ3n) is 2.63. The van der Waals surface area contributed by atoms with Gasteiger partial charge in [0.05, 0.1) is 18.0 Å². The second-order valence-corrected chi connectivity index (χ2v) is 4.17. The lowest BCUT2D eigenvalue weighted by Crippen LogP contribution is -2.41. The maximum absolute atomic E-state index is 5.73. The fourth-order valence-corrected chi connectivity index (χ4v) is 1.87. The molecule has 1 heterocycles. The first-order valence-electron chi connectivity index (χ1n) is 5.35. The molecule has 1 aliphatic rings. The van der Waals surface area contributed by atoms with E-state index in [-0.39, 0.29) is 5.28 Å². The Balaban J connectivity index is 1.89. The Morgan fingerprint density at radius 1 is 1.62 bits per heavy atom. The van der Waals surface area contributed by atoms with Gasteiger partial charge < -0.3 is 15.8 Å². The molecule has 1 saturated carbocycles. The van der Waals surface area contributed by atoms with Crippen molar-refractivity contribution in [2.24, 2.45) is 0 Å². The molecule has 16 heavy (non-hydrogen) atoms. The Kier molecular flexibility index (Phi) is 3.46. The molecule has 88 valence electrons. The average molecular weight is 243 g/mol. The zero-order valence-corrected chi connectivity index (χ0v) is 9.87. The van der Waals surface area contributed by atoms with Crippen molar-refractivity contribution < 1.29 is 4.74 Å². The van der Waals surface area contributed by atoms with Crippen LogP contribution in [0.1, 0.15) is 19.8 Å². The van der Waals surface area contributed by atoms with Gasteiger partial charge in [0, 0.05) is 12.6 Å². The van der Waals surface area contributed by atoms with E-state index in [1.807, 2.05) is 6.92 Å². The van der Waals surface area contributed by atoms with Gasteiger partial charge in [-0.15, -0.1) is 0 Å². The van der Waals surface area contributed by atoms with E-state index in [0.717, 1.165) is 19.4 Å². The van der Waals surface area contributed by atoms with Crippen LogP contribution >= 0.6 is 11.6 Å². The Morgan fingerprint density at radius 2 is 2.38 bits per heavy atom. The van der Waals surface area contributed by atoms with Crippen LogP contribution in [-0.4, -0.2) is 28.7 Å². The molecule has 1 aromatic rings. The number of hydrogen-bond donors (Lipinski definition) is 2. The van der Waals surface area contributed by atoms with Crippen molar-refractivity contribution in [2.75, 3.05) is 17.7 Å². The molecule has 3 N–H and O–H groups in total. The van der Waals surface area contributed by atoms with Gasteiger partial charge in [-0.2, -0.15) is 4.98 Å². The highest BCUT2D eigenvalue weighted by atomic mass is 35.5. The van der Waals surface area contributed by atoms with Crippen molar-refractivity contribution in [1.82, 2.24) is 9.97 Å². The maximum atomic E-state index is 5.73. The molecular weight excluding hydrogens is 228 g/mol. The number of ether oxygens (including phenoxy) is 1. The number of nitrogens with one attached hydrogen (secondary N) is 1. The number of nitrogens with zero attached hydrogens (tertiary/aromatic N) is 2. The van der Waals surface area contributed by atoms with Crippen LogP contribution in [0.2, 0.25) is 5.28 Å². The molecule has 0 amide bonds. The average Bonchev–Trinajstić information content (AvgIpc) is 2.20. The predicted molar refractivity (Wildman–Crippen MR) is 63.5 cm³/mol. The lowest BCUT2D eigenvalue weighted by Gasteiger charge is -2.35. The zero-order valence-electron chi connectivity index (χ0n) is 9.11. The Morgan fingerprint density at radius 3 is 3.06 bits per heavy atom. The summed E-state index contributed by atoms with van der Waals surface area (Å²) in [4.78, 5) is 7.84. The number of nitrogen functional groups attached to an aromatic ring is 1. The lowest BCUT2D eigenvalue weighted by atomic mass is 9.89. The first-order valence-corrected chi connectivity index (χ1v) is 5.73. The van der Waals surface area contributed by atoms with E-state index < -0.39 is 0 Å². The highest BCUT2D eigenvalue weighted by Crippen LogP contribution is 2.28. The van der Waals surface area contributed by atoms with E-state index >= 15 is 0 Å². The Labute approximate surface area is 99.4 Å². The van der Waals surface area contributed by atoms with Crippen LogP contribution in [0.25, 0.3) is 0 Å². The number of aromatic nitrogens is 2. The lowest BCUT2D eigenvalue weighted by molar-refractivity contribution is 0.00293. The minimum atomic E-state index is 0.206. The molecule has 0 aliphatic heterocycles. The summed E-state index contributed by atoms with van der Waals surface area (Å²) in [5.41, 5.74) is 6.25. The van der Waals surface area contributed by atoms with Crippen molar-refractivity contribution in [3.05, 3.63) is 11.5 Å². The van der Waals surface area contributed by atoms with E-state index in [0.29, 0.717) is 23.7 Å². The number of nitrogens with two attached hydrogens (primary N) is 1. The molecule has 1 aromatic heterocycles. The largest absolute Gasteiger partial charge is 0.394 e. The Hall–Kier alpha value is -1.07. The predicted octanol–water partition coefficient (Wildman–Crippen LogP) is 1.69. The van der Waals surface area contributed by atoms with Crippen molar-refractivity contribution in [1.29, 1.82) is 0 Å². The summed E-state index contributed by atoms with van der Waals surface area (Å²) in [6, 6.07) is 0.366. The standard InChI is InChI=1S/C10H15ClN4O/c1-2-16-7-3-6(4-7)14-9-8(12)5-13-10(11)15-9/h5-7H,2-4,12H2,1H3,(H,13,14,15). The fraction of sp³-hybridized carbons (Fsp3) is 0.600. The van der Waals surface area contributed by atoms with Crippen LogP contribution < -0.4 is 11.1 Å². The summed E-state index contributed by atoms with van der Waals surface area (Å²) in [5.74, 6) is 0.611. The van der Waals surface area contributed by atoms with Crippen molar-refractivity contribution in [3.8, 4) is 0 Å². The molecule has 0 spiro atoms. The van der Waals surface area contributed by atoms with Gasteiger partial charge in [-0.1, -0.05) is 0 Å². The quantitative estimate of drug-likeness (QED) is 0.786. The van der Waals surface area contributed by atoms with E-state index in [2.05, 4.69) is 15.3 Å². The number of hydrogen-bond acceptors (Lipinski definition) is 5. The number of anilines is 2. The topological polar surface area (TPSA) is 73.1 Å². The summed E-state index contributed by atoms with van der Waals surface area (Å²) < 4.78 is 5.47. The van der Waals surface area contributed by atoms with Crippen LogP contribution in [-0.2, 0) is 4.74 Å². The third kappa shape index (κ3) is 2.54. The second kappa shape index (κ2) is 4.84. The van der Waals surface area contributed by atoms with Gasteiger partial charge in [-0.05, 0) is 31.4 Å². The highest BCUT2D eigenvalue weighted by molar-refractivity contribution is 6.28. The van der Waals surface area contributed by atoms with Crippen LogP contribution in [0.3, 0.4) is 0 Å². The first kappa shape index (κ1) is 11.4. The van der Waals surface area contributed by atoms with Gasteiger partial charge in [-0.25, -0.2) is 4.98 Å². The van der Waals surface area contributed by atoms with E-state index in [1.165, 1.54) is 6.20 Å². The molecule has 0 radical (unpaired) electrons. The molecule has 2 rings (SSSR count). The monoisotopic (exact) mass is 242 g/mol. The summed E-state index contributed by atoms with van der Waals surface area (Å²) in [5, 5.41) is 3.44. The minimum absolute atomic E-state index is 0.206. The van der Waals surface area contributed by atoms with Crippen molar-refractivity contribution >= 4 is 23.1 Å². The SMILES string of the molecule is CCOC1CC(Nc2nc(Cl)ncc2N)C1. The van der Waals surface area contributed by atoms with Crippen LogP contribution in [0.5, 0.6) is 0 Å². The molecule has 0 atom stereocenters. The van der Waals surface area contributed by atoms with Gasteiger partial charge in [0.25, 0.3) is 0 Å². The smallest absolute Gasteiger partial charge is 0.224 e. The summed E-state index contributed by atoms with van der Waals surface area (Å²) in [6.07, 6.45) is 3.83. The van der Waals surface area contributed by atoms with Gasteiger partial charge in [-0.3, -0.25) is 0 Å². The molecule has 6 heteroatoms. The minimum Gasteiger partial charge on any atom is -0.394 e. The molecule has 1 fully saturated rings. The van der Waals surface area contributed by atoms with Crippen LogP contribution in [0.4, 0.5) is 11.5 Å². The van der Waals surface area contributed by atoms with Gasteiger partial charge in [0.2, 0.25) is 5.28 Å². The number of halogens is 1. The first-order chi connectivity index (χ1) is 7.69. The molecule has 0 bridgehead atoms. The molecule has 5 nitrogen and oxygen atoms in total. The highest BCUT2D eigenvalue weighted by Gasteiger charge is 2.30. The zero-order chi connectivity index (χ0) is 11.5. The van der Waals surface area contributed by atoms with E-state index in [9.17, 15) is 0 Å². The molecule has 0 unspecified atom stereocenters. The van der Waals surface area contributed by atoms with Crippen molar-refractivity contribution in [3.63, 3.8) is 0 Å². The van der Waals surface area contributed by atoms with Gasteiger partial charge >= 0.3 is 0 Å². The number of rotatable bonds is 4. The Bertz CT molecular complexity index is 368. The van der Waals surface area contributed by atoms with Gasteiger partial charge in [0.15, 0.2) is 5.82 Å². The maximum Gasteiger partial charge on any atom is 0.224 e. The van der Waals surface area contributed by atoms with Crippen molar-refractivity contribution in [2.45, 2.75) is 31.9 Å². The second-order valence-electron chi connectivity index (χ2n) is 3.83. The van der Waals surface area contributed by atoms with E-state index in [4.69, 9.17) is 22.1 Å². The van der Waals surface area contributed by atoms with Crippen LogP contribution in [0, 0.1) is 0 Å². The molecule has 0 aromatic carbocycles. The normalized spacial score (nSPS) is 23.9. The summed E-state index contributed by atoms with van der Waals surface area (Å²) in [7, 11) is 0. The van der Waals surface area contributed by atoms with Gasteiger partial charge in [0.1, 0.15) is 0 Å². The molecule has 0 saturated heterocycles. The summed E-state index contributed by atoms with van der Waals surface area (Å²) in [6.45, 7) is 2.77. The third-order valence-corrected chi connectivity index (χ3v) is 2.81. The van der Waals surface area contributed by atoms with Crippen LogP contribution in [0.15, 0.2) is 6.20 Å².